The number of halogens is 1. The third-order valence-corrected chi connectivity index (χ3v) is 4.47. The largest absolute Gasteiger partial charge is 0.352 e. The quantitative estimate of drug-likeness (QED) is 0.877. The minimum absolute atomic E-state index is 0. The molecule has 3 rings (SSSR count). The molecule has 1 amide bonds. The molecule has 1 aromatic heterocycles. The van der Waals surface area contributed by atoms with Crippen LogP contribution in [0.3, 0.4) is 0 Å². The van der Waals surface area contributed by atoms with Crippen molar-refractivity contribution in [1.82, 2.24) is 20.5 Å². The molecule has 0 aromatic carbocycles. The molecule has 1 unspecified atom stereocenters. The number of carbonyl (C=O) groups is 1. The first-order valence-corrected chi connectivity index (χ1v) is 7.96. The molecule has 2 saturated heterocycles. The van der Waals surface area contributed by atoms with Gasteiger partial charge in [0.25, 0.3) is 0 Å². The number of amides is 1. The molecule has 2 fully saturated rings. The van der Waals surface area contributed by atoms with Gasteiger partial charge in [0.2, 0.25) is 5.91 Å². The van der Waals surface area contributed by atoms with Crippen LogP contribution in [-0.4, -0.2) is 47.5 Å². The van der Waals surface area contributed by atoms with E-state index in [2.05, 4.69) is 32.7 Å². The Labute approximate surface area is 138 Å². The van der Waals surface area contributed by atoms with Gasteiger partial charge >= 0.3 is 0 Å². The summed E-state index contributed by atoms with van der Waals surface area (Å²) >= 11 is 0. The Kier molecular flexibility index (Phi) is 6.61. The second kappa shape index (κ2) is 8.46. The summed E-state index contributed by atoms with van der Waals surface area (Å²) in [6, 6.07) is 4.52. The van der Waals surface area contributed by atoms with Gasteiger partial charge in [-0.15, -0.1) is 12.4 Å². The Bertz CT molecular complexity index is 456. The highest BCUT2D eigenvalue weighted by Crippen LogP contribution is 2.14. The van der Waals surface area contributed by atoms with Gasteiger partial charge in [-0.05, 0) is 49.9 Å². The molecule has 0 saturated carbocycles. The fourth-order valence-electron chi connectivity index (χ4n) is 3.19. The van der Waals surface area contributed by atoms with E-state index >= 15 is 0 Å². The van der Waals surface area contributed by atoms with Gasteiger partial charge in [0.05, 0.1) is 6.04 Å². The second-order valence-electron chi connectivity index (χ2n) is 6.06. The molecule has 22 heavy (non-hydrogen) atoms. The number of nitrogens with one attached hydrogen (secondary N) is 2. The van der Waals surface area contributed by atoms with Crippen molar-refractivity contribution in [2.75, 3.05) is 19.6 Å². The highest BCUT2D eigenvalue weighted by Gasteiger charge is 2.26. The molecule has 5 nitrogen and oxygen atoms in total. The molecule has 2 N–H and O–H groups in total. The van der Waals surface area contributed by atoms with E-state index in [1.54, 1.807) is 0 Å². The molecule has 1 aromatic rings. The number of hydrogen-bond donors (Lipinski definition) is 2. The molecular weight excluding hydrogens is 300 g/mol. The zero-order valence-corrected chi connectivity index (χ0v) is 13.6. The fourth-order valence-corrected chi connectivity index (χ4v) is 3.19. The summed E-state index contributed by atoms with van der Waals surface area (Å²) < 4.78 is 0. The topological polar surface area (TPSA) is 57.3 Å². The Hall–Kier alpha value is -1.17. The molecule has 122 valence electrons. The number of rotatable bonds is 4. The summed E-state index contributed by atoms with van der Waals surface area (Å²) in [5, 5.41) is 6.47. The SMILES string of the molecule is Cl.O=C(NC1CCN(Cc2ccncc2)CC1)C1CCCN1. The number of pyridine rings is 1. The van der Waals surface area contributed by atoms with Crippen LogP contribution in [-0.2, 0) is 11.3 Å². The Balaban J connectivity index is 0.00000176. The number of aromatic nitrogens is 1. The van der Waals surface area contributed by atoms with Gasteiger partial charge in [0.1, 0.15) is 0 Å². The molecule has 3 heterocycles. The van der Waals surface area contributed by atoms with Crippen LogP contribution in [0.1, 0.15) is 31.2 Å². The van der Waals surface area contributed by atoms with Crippen molar-refractivity contribution < 1.29 is 4.79 Å². The van der Waals surface area contributed by atoms with Gasteiger partial charge in [-0.2, -0.15) is 0 Å². The van der Waals surface area contributed by atoms with E-state index in [-0.39, 0.29) is 24.4 Å². The van der Waals surface area contributed by atoms with E-state index in [0.29, 0.717) is 6.04 Å². The highest BCUT2D eigenvalue weighted by molar-refractivity contribution is 5.85. The molecule has 1 atom stereocenters. The average Bonchev–Trinajstić information content (AvgIpc) is 3.05. The standard InChI is InChI=1S/C16H24N4O.ClH/c21-16(15-2-1-7-18-15)19-14-5-10-20(11-6-14)12-13-3-8-17-9-4-13;/h3-4,8-9,14-15,18H,1-2,5-7,10-12H2,(H,19,21);1H. The maximum atomic E-state index is 12.1. The van der Waals surface area contributed by atoms with Crippen molar-refractivity contribution in [2.45, 2.75) is 44.3 Å². The van der Waals surface area contributed by atoms with Gasteiger partial charge in [-0.3, -0.25) is 14.7 Å². The van der Waals surface area contributed by atoms with E-state index in [0.717, 1.165) is 51.9 Å². The van der Waals surface area contributed by atoms with Crippen molar-refractivity contribution in [3.8, 4) is 0 Å². The minimum atomic E-state index is 0. The first-order chi connectivity index (χ1) is 10.3. The summed E-state index contributed by atoms with van der Waals surface area (Å²) in [5.41, 5.74) is 1.31. The highest BCUT2D eigenvalue weighted by atomic mass is 35.5. The first-order valence-electron chi connectivity index (χ1n) is 7.96. The lowest BCUT2D eigenvalue weighted by Gasteiger charge is -2.32. The Morgan fingerprint density at radius 2 is 2.00 bits per heavy atom. The number of piperidine rings is 1. The van der Waals surface area contributed by atoms with Crippen LogP contribution in [0.4, 0.5) is 0 Å². The molecule has 6 heteroatoms. The van der Waals surface area contributed by atoms with Crippen LogP contribution < -0.4 is 10.6 Å². The monoisotopic (exact) mass is 324 g/mol. The smallest absolute Gasteiger partial charge is 0.237 e. The first kappa shape index (κ1) is 17.2. The van der Waals surface area contributed by atoms with E-state index in [4.69, 9.17) is 0 Å². The van der Waals surface area contributed by atoms with Crippen LogP contribution in [0.15, 0.2) is 24.5 Å². The molecule has 0 aliphatic carbocycles. The predicted molar refractivity (Wildman–Crippen MR) is 89.0 cm³/mol. The normalized spacial score (nSPS) is 23.0. The lowest BCUT2D eigenvalue weighted by molar-refractivity contribution is -0.123. The Morgan fingerprint density at radius 3 is 2.64 bits per heavy atom. The lowest BCUT2D eigenvalue weighted by Crippen LogP contribution is -2.49. The summed E-state index contributed by atoms with van der Waals surface area (Å²) in [6.07, 6.45) is 7.87. The maximum absolute atomic E-state index is 12.1. The number of likely N-dealkylation sites (tertiary alicyclic amines) is 1. The van der Waals surface area contributed by atoms with Crippen molar-refractivity contribution in [1.29, 1.82) is 0 Å². The van der Waals surface area contributed by atoms with Crippen LogP contribution in [0.5, 0.6) is 0 Å². The van der Waals surface area contributed by atoms with Crippen molar-refractivity contribution in [3.63, 3.8) is 0 Å². The fraction of sp³-hybridized carbons (Fsp3) is 0.625. The molecule has 0 spiro atoms. The average molecular weight is 325 g/mol. The molecule has 0 radical (unpaired) electrons. The van der Waals surface area contributed by atoms with Crippen molar-refractivity contribution in [3.05, 3.63) is 30.1 Å². The summed E-state index contributed by atoms with van der Waals surface area (Å²) in [5.74, 6) is 0.195. The van der Waals surface area contributed by atoms with Crippen LogP contribution >= 0.6 is 12.4 Å². The zero-order chi connectivity index (χ0) is 14.5. The van der Waals surface area contributed by atoms with Gasteiger partial charge in [-0.25, -0.2) is 0 Å². The number of carbonyl (C=O) groups excluding carboxylic acids is 1. The third-order valence-electron chi connectivity index (χ3n) is 4.47. The molecule has 0 bridgehead atoms. The van der Waals surface area contributed by atoms with Crippen LogP contribution in [0.2, 0.25) is 0 Å². The number of hydrogen-bond acceptors (Lipinski definition) is 4. The van der Waals surface area contributed by atoms with E-state index in [1.807, 2.05) is 12.4 Å². The maximum Gasteiger partial charge on any atom is 0.237 e. The summed E-state index contributed by atoms with van der Waals surface area (Å²) in [6.45, 7) is 4.05. The molecule has 2 aliphatic heterocycles. The van der Waals surface area contributed by atoms with Crippen LogP contribution in [0.25, 0.3) is 0 Å². The summed E-state index contributed by atoms with van der Waals surface area (Å²) in [4.78, 5) is 18.6. The van der Waals surface area contributed by atoms with Crippen LogP contribution in [0, 0.1) is 0 Å². The third kappa shape index (κ3) is 4.66. The van der Waals surface area contributed by atoms with Gasteiger partial charge in [0, 0.05) is 38.1 Å². The molecule has 2 aliphatic rings. The number of nitrogens with zero attached hydrogens (tertiary/aromatic N) is 2. The second-order valence-corrected chi connectivity index (χ2v) is 6.06. The van der Waals surface area contributed by atoms with Gasteiger partial charge in [-0.1, -0.05) is 0 Å². The zero-order valence-electron chi connectivity index (χ0n) is 12.8. The minimum Gasteiger partial charge on any atom is -0.352 e. The van der Waals surface area contributed by atoms with E-state index in [1.165, 1.54) is 5.56 Å². The van der Waals surface area contributed by atoms with Crippen molar-refractivity contribution >= 4 is 18.3 Å². The van der Waals surface area contributed by atoms with Crippen molar-refractivity contribution in [2.24, 2.45) is 0 Å². The molecular formula is C16H25ClN4O. The predicted octanol–water partition coefficient (Wildman–Crippen LogP) is 1.34. The summed E-state index contributed by atoms with van der Waals surface area (Å²) in [7, 11) is 0. The van der Waals surface area contributed by atoms with E-state index in [9.17, 15) is 4.79 Å². The van der Waals surface area contributed by atoms with Gasteiger partial charge in [0.15, 0.2) is 0 Å². The Morgan fingerprint density at radius 1 is 1.27 bits per heavy atom. The van der Waals surface area contributed by atoms with Gasteiger partial charge < -0.3 is 10.6 Å². The van der Waals surface area contributed by atoms with E-state index < -0.39 is 0 Å². The lowest BCUT2D eigenvalue weighted by atomic mass is 10.0.